The van der Waals surface area contributed by atoms with Crippen LogP contribution in [0, 0.1) is 12.8 Å². The van der Waals surface area contributed by atoms with Crippen LogP contribution in [-0.2, 0) is 6.18 Å². The van der Waals surface area contributed by atoms with E-state index in [0.717, 1.165) is 30.7 Å². The highest BCUT2D eigenvalue weighted by molar-refractivity contribution is 6.31. The number of carbonyl (C=O) groups is 1. The summed E-state index contributed by atoms with van der Waals surface area (Å²) < 4.78 is 40.9. The minimum atomic E-state index is -4.63. The van der Waals surface area contributed by atoms with Crippen molar-refractivity contribution in [2.45, 2.75) is 19.5 Å². The molecule has 0 saturated carbocycles. The summed E-state index contributed by atoms with van der Waals surface area (Å²) in [5.41, 5.74) is 0.131. The Labute approximate surface area is 222 Å². The van der Waals surface area contributed by atoms with Gasteiger partial charge in [-0.25, -0.2) is 14.8 Å². The van der Waals surface area contributed by atoms with Crippen molar-refractivity contribution in [3.8, 4) is 30.1 Å². The number of hydrogen-bond donors (Lipinski definition) is 3. The van der Waals surface area contributed by atoms with Crippen molar-refractivity contribution < 1.29 is 18.0 Å². The number of urea groups is 1. The van der Waals surface area contributed by atoms with E-state index in [2.05, 4.69) is 43.7 Å². The fraction of sp³-hybridized carbons (Fsp3) is 0.154. The Morgan fingerprint density at radius 1 is 1.00 bits per heavy atom. The molecule has 0 bridgehead atoms. The standard InChI is InChI=1S/C24H21ClF3N7O.C2H2/c1-2-10-30-22-31-11-9-20(34-22)35-13-12-29-21(35)15-3-5-16(6-4-15)32-23(36)33-17-7-8-19(25)18(14-17)24(26,27)28;1-2/h3-9,11-14H,2,10H2,1H3,(H,30,31,34)(H2,32,33,36);1-2H. The monoisotopic (exact) mass is 541 g/mol. The summed E-state index contributed by atoms with van der Waals surface area (Å²) in [6, 6.07) is 11.0. The predicted octanol–water partition coefficient (Wildman–Crippen LogP) is 6.72. The number of nitrogens with zero attached hydrogens (tertiary/aromatic N) is 4. The van der Waals surface area contributed by atoms with Gasteiger partial charge in [0.15, 0.2) is 0 Å². The Hall–Kier alpha value is -4.56. The minimum absolute atomic E-state index is 0.0412. The van der Waals surface area contributed by atoms with Crippen molar-refractivity contribution in [3.63, 3.8) is 0 Å². The number of anilines is 3. The van der Waals surface area contributed by atoms with Crippen LogP contribution in [0.2, 0.25) is 5.02 Å². The second kappa shape index (κ2) is 12.6. The molecular formula is C26H23ClF3N7O. The van der Waals surface area contributed by atoms with E-state index >= 15 is 0 Å². The summed E-state index contributed by atoms with van der Waals surface area (Å²) >= 11 is 5.62. The van der Waals surface area contributed by atoms with Gasteiger partial charge in [-0.2, -0.15) is 18.2 Å². The summed E-state index contributed by atoms with van der Waals surface area (Å²) in [5, 5.41) is 7.67. The van der Waals surface area contributed by atoms with Gasteiger partial charge in [0.25, 0.3) is 0 Å². The molecule has 196 valence electrons. The van der Waals surface area contributed by atoms with Crippen molar-refractivity contribution in [2.24, 2.45) is 0 Å². The van der Waals surface area contributed by atoms with Crippen LogP contribution in [0.5, 0.6) is 0 Å². The molecule has 0 unspecified atom stereocenters. The van der Waals surface area contributed by atoms with Gasteiger partial charge in [-0.3, -0.25) is 4.57 Å². The van der Waals surface area contributed by atoms with Gasteiger partial charge in [-0.15, -0.1) is 12.8 Å². The number of hydrogen-bond acceptors (Lipinski definition) is 5. The predicted molar refractivity (Wildman–Crippen MR) is 142 cm³/mol. The molecule has 2 amide bonds. The van der Waals surface area contributed by atoms with Gasteiger partial charge < -0.3 is 16.0 Å². The maximum Gasteiger partial charge on any atom is 0.417 e. The van der Waals surface area contributed by atoms with E-state index in [1.54, 1.807) is 48.9 Å². The molecule has 0 atom stereocenters. The molecule has 0 saturated heterocycles. The molecule has 0 aliphatic carbocycles. The SMILES string of the molecule is C#C.CCCNc1nccc(-n2ccnc2-c2ccc(NC(=O)Nc3ccc(Cl)c(C(F)(F)F)c3)cc2)n1. The van der Waals surface area contributed by atoms with E-state index in [0.29, 0.717) is 23.3 Å². The zero-order valence-electron chi connectivity index (χ0n) is 20.1. The van der Waals surface area contributed by atoms with Crippen LogP contribution in [0.15, 0.2) is 67.1 Å². The molecule has 2 aromatic carbocycles. The molecule has 0 aliphatic heterocycles. The van der Waals surface area contributed by atoms with Crippen molar-refractivity contribution in [2.75, 3.05) is 22.5 Å². The first kappa shape index (κ1) is 28.0. The third kappa shape index (κ3) is 7.02. The lowest BCUT2D eigenvalue weighted by molar-refractivity contribution is -0.137. The zero-order chi connectivity index (χ0) is 27.7. The molecular weight excluding hydrogens is 519 g/mol. The molecule has 2 heterocycles. The average molecular weight is 542 g/mol. The Bertz CT molecular complexity index is 1400. The smallest absolute Gasteiger partial charge is 0.354 e. The first-order valence-electron chi connectivity index (χ1n) is 11.2. The van der Waals surface area contributed by atoms with E-state index in [1.807, 2.05) is 11.5 Å². The van der Waals surface area contributed by atoms with Gasteiger partial charge in [-0.05, 0) is 55.0 Å². The van der Waals surface area contributed by atoms with Crippen molar-refractivity contribution in [3.05, 3.63) is 77.7 Å². The van der Waals surface area contributed by atoms with E-state index in [4.69, 9.17) is 11.6 Å². The van der Waals surface area contributed by atoms with Crippen LogP contribution in [-0.4, -0.2) is 32.1 Å². The second-order valence-corrected chi connectivity index (χ2v) is 8.04. The maximum absolute atomic E-state index is 13.0. The van der Waals surface area contributed by atoms with Crippen molar-refractivity contribution >= 4 is 35.0 Å². The molecule has 2 aromatic heterocycles. The first-order chi connectivity index (χ1) is 18.2. The van der Waals surface area contributed by atoms with E-state index in [1.165, 1.54) is 6.07 Å². The van der Waals surface area contributed by atoms with E-state index in [-0.39, 0.29) is 5.69 Å². The van der Waals surface area contributed by atoms with Crippen LogP contribution in [0.1, 0.15) is 18.9 Å². The number of halogens is 4. The molecule has 4 rings (SSSR count). The van der Waals surface area contributed by atoms with E-state index in [9.17, 15) is 18.0 Å². The largest absolute Gasteiger partial charge is 0.417 e. The number of rotatable bonds is 7. The fourth-order valence-corrected chi connectivity index (χ4v) is 3.55. The summed E-state index contributed by atoms with van der Waals surface area (Å²) in [6.45, 7) is 2.80. The van der Waals surface area contributed by atoms with Crippen LogP contribution in [0.4, 0.5) is 35.3 Å². The average Bonchev–Trinajstić information content (AvgIpc) is 3.40. The van der Waals surface area contributed by atoms with Gasteiger partial charge in [0.2, 0.25) is 5.95 Å². The number of imidazole rings is 1. The molecule has 0 radical (unpaired) electrons. The minimum Gasteiger partial charge on any atom is -0.354 e. The van der Waals surface area contributed by atoms with Crippen molar-refractivity contribution in [1.82, 2.24) is 19.5 Å². The van der Waals surface area contributed by atoms with Crippen molar-refractivity contribution in [1.29, 1.82) is 0 Å². The lowest BCUT2D eigenvalue weighted by atomic mass is 10.2. The number of aromatic nitrogens is 4. The summed E-state index contributed by atoms with van der Waals surface area (Å²) in [6.07, 6.45) is 9.40. The Balaban J connectivity index is 0.00000195. The van der Waals surface area contributed by atoms with Gasteiger partial charge in [-0.1, -0.05) is 18.5 Å². The molecule has 3 N–H and O–H groups in total. The van der Waals surface area contributed by atoms with Gasteiger partial charge in [0, 0.05) is 42.1 Å². The van der Waals surface area contributed by atoms with Crippen LogP contribution in [0.3, 0.4) is 0 Å². The number of benzene rings is 2. The second-order valence-electron chi connectivity index (χ2n) is 7.63. The summed E-state index contributed by atoms with van der Waals surface area (Å²) in [4.78, 5) is 25.5. The Kier molecular flexibility index (Phi) is 9.29. The zero-order valence-corrected chi connectivity index (χ0v) is 20.9. The highest BCUT2D eigenvalue weighted by Crippen LogP contribution is 2.36. The molecule has 4 aromatic rings. The highest BCUT2D eigenvalue weighted by Gasteiger charge is 2.33. The molecule has 0 aliphatic rings. The van der Waals surface area contributed by atoms with Gasteiger partial charge in [0.05, 0.1) is 10.6 Å². The summed E-state index contributed by atoms with van der Waals surface area (Å²) in [5.74, 6) is 1.79. The molecule has 38 heavy (non-hydrogen) atoms. The van der Waals surface area contributed by atoms with Gasteiger partial charge in [0.1, 0.15) is 11.6 Å². The summed E-state index contributed by atoms with van der Waals surface area (Å²) in [7, 11) is 0. The molecule has 0 spiro atoms. The number of terminal acetylenes is 1. The fourth-order valence-electron chi connectivity index (χ4n) is 3.32. The quantitative estimate of drug-likeness (QED) is 0.226. The topological polar surface area (TPSA) is 96.8 Å². The van der Waals surface area contributed by atoms with Gasteiger partial charge >= 0.3 is 12.2 Å². The number of amides is 2. The first-order valence-corrected chi connectivity index (χ1v) is 11.6. The maximum atomic E-state index is 13.0. The third-order valence-corrected chi connectivity index (χ3v) is 5.32. The molecule has 0 fully saturated rings. The Morgan fingerprint density at radius 2 is 1.68 bits per heavy atom. The third-order valence-electron chi connectivity index (χ3n) is 4.99. The normalized spacial score (nSPS) is 10.7. The lowest BCUT2D eigenvalue weighted by Gasteiger charge is -2.13. The van der Waals surface area contributed by atoms with Crippen LogP contribution < -0.4 is 16.0 Å². The molecule has 8 nitrogen and oxygen atoms in total. The van der Waals surface area contributed by atoms with Crippen LogP contribution >= 0.6 is 11.6 Å². The number of carbonyl (C=O) groups excluding carboxylic acids is 1. The van der Waals surface area contributed by atoms with E-state index < -0.39 is 22.8 Å². The number of alkyl halides is 3. The Morgan fingerprint density at radius 3 is 2.37 bits per heavy atom. The highest BCUT2D eigenvalue weighted by atomic mass is 35.5. The molecule has 12 heteroatoms. The lowest BCUT2D eigenvalue weighted by Crippen LogP contribution is -2.19. The van der Waals surface area contributed by atoms with Crippen LogP contribution in [0.25, 0.3) is 17.2 Å². The number of nitrogens with one attached hydrogen (secondary N) is 3.